The van der Waals surface area contributed by atoms with E-state index in [4.69, 9.17) is 9.47 Å². The summed E-state index contributed by atoms with van der Waals surface area (Å²) in [6.07, 6.45) is -4.87. The van der Waals surface area contributed by atoms with Gasteiger partial charge in [0.15, 0.2) is 12.2 Å². The summed E-state index contributed by atoms with van der Waals surface area (Å²) in [5.41, 5.74) is -0.628. The standard InChI is InChI=1S/C15H16F3NO4/c1-9(23-14(21)12-3-2-8-22-12)13(20)19-11-6-4-10(5-7-11)15(16,17)18/h4-7,9,12H,2-3,8H2,1H3,(H,19,20)/t9-,12-/m1/s1. The number of anilines is 1. The maximum absolute atomic E-state index is 12.4. The highest BCUT2D eigenvalue weighted by Gasteiger charge is 2.30. The molecule has 2 atom stereocenters. The molecule has 1 amide bonds. The van der Waals surface area contributed by atoms with E-state index in [1.54, 1.807) is 0 Å². The molecular weight excluding hydrogens is 315 g/mol. The molecule has 0 aliphatic carbocycles. The summed E-state index contributed by atoms with van der Waals surface area (Å²) < 4.78 is 47.5. The van der Waals surface area contributed by atoms with Crippen LogP contribution in [0.25, 0.3) is 0 Å². The van der Waals surface area contributed by atoms with Gasteiger partial charge in [0, 0.05) is 12.3 Å². The van der Waals surface area contributed by atoms with E-state index in [2.05, 4.69) is 5.32 Å². The van der Waals surface area contributed by atoms with Gasteiger partial charge in [0.25, 0.3) is 5.91 Å². The van der Waals surface area contributed by atoms with Gasteiger partial charge in [-0.3, -0.25) is 4.79 Å². The van der Waals surface area contributed by atoms with Gasteiger partial charge in [0.2, 0.25) is 0 Å². The van der Waals surface area contributed by atoms with E-state index in [0.29, 0.717) is 13.0 Å². The van der Waals surface area contributed by atoms with Gasteiger partial charge < -0.3 is 14.8 Å². The van der Waals surface area contributed by atoms with Crippen molar-refractivity contribution in [2.45, 2.75) is 38.1 Å². The highest BCUT2D eigenvalue weighted by molar-refractivity contribution is 5.95. The fourth-order valence-electron chi connectivity index (χ4n) is 2.05. The third-order valence-corrected chi connectivity index (χ3v) is 3.33. The molecule has 1 heterocycles. The zero-order chi connectivity index (χ0) is 17.0. The first-order valence-electron chi connectivity index (χ1n) is 7.07. The molecule has 23 heavy (non-hydrogen) atoms. The van der Waals surface area contributed by atoms with Crippen LogP contribution < -0.4 is 5.32 Å². The molecule has 0 aromatic heterocycles. The Morgan fingerprint density at radius 3 is 2.48 bits per heavy atom. The first kappa shape index (κ1) is 17.3. The summed E-state index contributed by atoms with van der Waals surface area (Å²) in [4.78, 5) is 23.6. The van der Waals surface area contributed by atoms with Crippen molar-refractivity contribution in [2.24, 2.45) is 0 Å². The number of rotatable bonds is 4. The summed E-state index contributed by atoms with van der Waals surface area (Å²) in [6.45, 7) is 1.86. The van der Waals surface area contributed by atoms with Gasteiger partial charge >= 0.3 is 12.1 Å². The fourth-order valence-corrected chi connectivity index (χ4v) is 2.05. The van der Waals surface area contributed by atoms with Gasteiger partial charge in [-0.25, -0.2) is 4.79 Å². The van der Waals surface area contributed by atoms with Crippen molar-refractivity contribution in [2.75, 3.05) is 11.9 Å². The van der Waals surface area contributed by atoms with E-state index in [1.807, 2.05) is 0 Å². The van der Waals surface area contributed by atoms with Gasteiger partial charge in [-0.2, -0.15) is 13.2 Å². The molecule has 0 spiro atoms. The lowest BCUT2D eigenvalue weighted by Crippen LogP contribution is -2.34. The number of halogens is 3. The molecule has 0 saturated carbocycles. The van der Waals surface area contributed by atoms with E-state index >= 15 is 0 Å². The van der Waals surface area contributed by atoms with Crippen LogP contribution in [0.5, 0.6) is 0 Å². The molecule has 0 radical (unpaired) electrons. The van der Waals surface area contributed by atoms with Crippen LogP contribution >= 0.6 is 0 Å². The van der Waals surface area contributed by atoms with Crippen LogP contribution in [-0.2, 0) is 25.2 Å². The summed E-state index contributed by atoms with van der Waals surface area (Å²) in [6, 6.07) is 3.99. The second-order valence-corrected chi connectivity index (χ2v) is 5.15. The van der Waals surface area contributed by atoms with Crippen molar-refractivity contribution in [1.82, 2.24) is 0 Å². The minimum Gasteiger partial charge on any atom is -0.451 e. The molecule has 126 valence electrons. The Bertz CT molecular complexity index is 565. The monoisotopic (exact) mass is 331 g/mol. The average molecular weight is 331 g/mol. The SMILES string of the molecule is C[C@@H](OC(=O)[C@H]1CCCO1)C(=O)Nc1ccc(C(F)(F)F)cc1. The zero-order valence-electron chi connectivity index (χ0n) is 12.4. The van der Waals surface area contributed by atoms with Crippen LogP contribution in [0.3, 0.4) is 0 Å². The molecule has 1 fully saturated rings. The normalized spacial score (nSPS) is 19.2. The van der Waals surface area contributed by atoms with Crippen LogP contribution in [0.15, 0.2) is 24.3 Å². The average Bonchev–Trinajstić information content (AvgIpc) is 3.01. The van der Waals surface area contributed by atoms with Crippen LogP contribution in [0.2, 0.25) is 0 Å². The van der Waals surface area contributed by atoms with E-state index in [1.165, 1.54) is 6.92 Å². The van der Waals surface area contributed by atoms with Crippen molar-refractivity contribution in [3.8, 4) is 0 Å². The molecular formula is C15H16F3NO4. The quantitative estimate of drug-likeness (QED) is 0.862. The smallest absolute Gasteiger partial charge is 0.416 e. The first-order valence-corrected chi connectivity index (χ1v) is 7.07. The number of esters is 1. The molecule has 8 heteroatoms. The molecule has 1 aliphatic rings. The Balaban J connectivity index is 1.89. The molecule has 0 bridgehead atoms. The lowest BCUT2D eigenvalue weighted by Gasteiger charge is -2.16. The minimum atomic E-state index is -4.44. The van der Waals surface area contributed by atoms with Crippen molar-refractivity contribution in [3.63, 3.8) is 0 Å². The van der Waals surface area contributed by atoms with Crippen LogP contribution in [0.1, 0.15) is 25.3 Å². The number of nitrogens with one attached hydrogen (secondary N) is 1. The Morgan fingerprint density at radius 1 is 1.30 bits per heavy atom. The Morgan fingerprint density at radius 2 is 1.96 bits per heavy atom. The first-order chi connectivity index (χ1) is 10.8. The second-order valence-electron chi connectivity index (χ2n) is 5.15. The highest BCUT2D eigenvalue weighted by atomic mass is 19.4. The number of amides is 1. The minimum absolute atomic E-state index is 0.183. The number of carbonyl (C=O) groups excluding carboxylic acids is 2. The van der Waals surface area contributed by atoms with Crippen molar-refractivity contribution in [3.05, 3.63) is 29.8 Å². The van der Waals surface area contributed by atoms with Gasteiger partial charge in [-0.1, -0.05) is 0 Å². The maximum Gasteiger partial charge on any atom is 0.416 e. The molecule has 1 N–H and O–H groups in total. The molecule has 1 aliphatic heterocycles. The highest BCUT2D eigenvalue weighted by Crippen LogP contribution is 2.29. The second kappa shape index (κ2) is 6.99. The number of alkyl halides is 3. The number of ether oxygens (including phenoxy) is 2. The summed E-state index contributed by atoms with van der Waals surface area (Å²) in [5, 5.41) is 2.39. The number of hydrogen-bond donors (Lipinski definition) is 1. The van der Waals surface area contributed by atoms with Crippen molar-refractivity contribution >= 4 is 17.6 Å². The van der Waals surface area contributed by atoms with E-state index in [9.17, 15) is 22.8 Å². The largest absolute Gasteiger partial charge is 0.451 e. The third-order valence-electron chi connectivity index (χ3n) is 3.33. The molecule has 1 saturated heterocycles. The van der Waals surface area contributed by atoms with E-state index in [-0.39, 0.29) is 5.69 Å². The zero-order valence-corrected chi connectivity index (χ0v) is 12.4. The summed E-state index contributed by atoms with van der Waals surface area (Å²) in [5.74, 6) is -1.24. The van der Waals surface area contributed by atoms with Crippen LogP contribution in [0, 0.1) is 0 Å². The van der Waals surface area contributed by atoms with Crippen molar-refractivity contribution in [1.29, 1.82) is 0 Å². The molecule has 1 aromatic carbocycles. The van der Waals surface area contributed by atoms with Crippen LogP contribution in [0.4, 0.5) is 18.9 Å². The van der Waals surface area contributed by atoms with Gasteiger partial charge in [0.05, 0.1) is 5.56 Å². The third kappa shape index (κ3) is 4.69. The summed E-state index contributed by atoms with van der Waals surface area (Å²) in [7, 11) is 0. The van der Waals surface area contributed by atoms with Crippen molar-refractivity contribution < 1.29 is 32.2 Å². The van der Waals surface area contributed by atoms with E-state index in [0.717, 1.165) is 30.7 Å². The predicted octanol–water partition coefficient (Wildman–Crippen LogP) is 2.75. The van der Waals surface area contributed by atoms with Gasteiger partial charge in [-0.05, 0) is 44.0 Å². The number of carbonyl (C=O) groups is 2. The predicted molar refractivity (Wildman–Crippen MR) is 74.6 cm³/mol. The fraction of sp³-hybridized carbons (Fsp3) is 0.467. The molecule has 5 nitrogen and oxygen atoms in total. The summed E-state index contributed by atoms with van der Waals surface area (Å²) >= 11 is 0. The number of benzene rings is 1. The molecule has 0 unspecified atom stereocenters. The maximum atomic E-state index is 12.4. The number of hydrogen-bond acceptors (Lipinski definition) is 4. The molecule has 2 rings (SSSR count). The lowest BCUT2D eigenvalue weighted by atomic mass is 10.2. The van der Waals surface area contributed by atoms with Crippen LogP contribution in [-0.4, -0.2) is 30.7 Å². The molecule has 1 aromatic rings. The van der Waals surface area contributed by atoms with Gasteiger partial charge in [0.1, 0.15) is 0 Å². The Kier molecular flexibility index (Phi) is 5.25. The van der Waals surface area contributed by atoms with Gasteiger partial charge in [-0.15, -0.1) is 0 Å². The lowest BCUT2D eigenvalue weighted by molar-refractivity contribution is -0.162. The Labute approximate surface area is 130 Å². The topological polar surface area (TPSA) is 64.6 Å². The Hall–Kier alpha value is -2.09. The van der Waals surface area contributed by atoms with E-state index < -0.39 is 35.8 Å².